The lowest BCUT2D eigenvalue weighted by Crippen LogP contribution is -2.47. The van der Waals surface area contributed by atoms with Crippen molar-refractivity contribution in [3.05, 3.63) is 35.4 Å². The van der Waals surface area contributed by atoms with Gasteiger partial charge in [0.25, 0.3) is 23.6 Å². The molecule has 19 heteroatoms. The normalized spacial score (nSPS) is 13.6. The van der Waals surface area contributed by atoms with Gasteiger partial charge in [0.15, 0.2) is 17.2 Å². The van der Waals surface area contributed by atoms with E-state index in [9.17, 15) is 38.7 Å². The Bertz CT molecular complexity index is 1490. The zero-order chi connectivity index (χ0) is 36.8. The fourth-order valence-electron chi connectivity index (χ4n) is 4.81. The van der Waals surface area contributed by atoms with E-state index in [4.69, 9.17) is 10.8 Å². The molecule has 4 amide bonds. The summed E-state index contributed by atoms with van der Waals surface area (Å²) in [5.74, 6) is -6.12. The third kappa shape index (κ3) is 12.8. The maximum absolute atomic E-state index is 13.1. The number of aliphatic carboxylic acids is 2. The summed E-state index contributed by atoms with van der Waals surface area (Å²) in [6, 6.07) is -3.55. The van der Waals surface area contributed by atoms with Gasteiger partial charge in [-0.15, -0.1) is 0 Å². The second kappa shape index (κ2) is 19.0. The lowest BCUT2D eigenvalue weighted by Gasteiger charge is -2.21. The fraction of sp³-hybridized carbons (Fsp3) is 0.567. The van der Waals surface area contributed by atoms with Crippen molar-refractivity contribution >= 4 is 41.4 Å². The number of Topliss-reactive ketones (excluding diaryl/α,β-unsaturated/α-hetero) is 1. The number of rotatable bonds is 21. The van der Waals surface area contributed by atoms with Gasteiger partial charge in [-0.25, -0.2) is 14.8 Å². The van der Waals surface area contributed by atoms with E-state index in [-0.39, 0.29) is 60.3 Å². The Hall–Kier alpha value is -5.17. The van der Waals surface area contributed by atoms with E-state index in [2.05, 4.69) is 46.5 Å². The molecular weight excluding hydrogens is 644 g/mol. The van der Waals surface area contributed by atoms with Gasteiger partial charge in [-0.05, 0) is 31.6 Å². The molecule has 0 aliphatic carbocycles. The van der Waals surface area contributed by atoms with Gasteiger partial charge in [0.05, 0.1) is 31.7 Å². The summed E-state index contributed by atoms with van der Waals surface area (Å²) < 4.78 is 0. The molecule has 19 nitrogen and oxygen atoms in total. The number of aromatic nitrogens is 4. The molecule has 0 fully saturated rings. The second-order valence-corrected chi connectivity index (χ2v) is 12.3. The molecule has 2 aromatic rings. The Morgan fingerprint density at radius 3 is 1.69 bits per heavy atom. The molecule has 0 radical (unpaired) electrons. The van der Waals surface area contributed by atoms with Crippen LogP contribution in [-0.4, -0.2) is 115 Å². The van der Waals surface area contributed by atoms with Gasteiger partial charge in [0.2, 0.25) is 0 Å². The highest BCUT2D eigenvalue weighted by atomic mass is 16.4. The number of hydrogen-bond acceptors (Lipinski definition) is 11. The van der Waals surface area contributed by atoms with E-state index in [1.54, 1.807) is 0 Å². The lowest BCUT2D eigenvalue weighted by molar-refractivity contribution is -0.145. The predicted molar refractivity (Wildman–Crippen MR) is 174 cm³/mol. The third-order valence-electron chi connectivity index (χ3n) is 7.13. The number of aromatic amines is 2. The van der Waals surface area contributed by atoms with Crippen molar-refractivity contribution in [1.29, 1.82) is 0 Å². The summed E-state index contributed by atoms with van der Waals surface area (Å²) >= 11 is 0. The van der Waals surface area contributed by atoms with Crippen LogP contribution in [0.4, 0.5) is 0 Å². The molecule has 2 heterocycles. The SMILES string of the molecule is CC(C)C[C@@H](CN)NC(=O)c1nc[nH]c1C(=O)N[C@@H](C)C(=O)CNC[C@H](CC(C)C)NC(=O)c1nc[nH]c1C(=O)N[C@@H](CC(=O)O)C(=O)O. The van der Waals surface area contributed by atoms with E-state index in [1.165, 1.54) is 13.3 Å². The average molecular weight is 691 g/mol. The van der Waals surface area contributed by atoms with Crippen LogP contribution in [-0.2, 0) is 14.4 Å². The van der Waals surface area contributed by atoms with E-state index in [0.717, 1.165) is 6.33 Å². The first-order valence-corrected chi connectivity index (χ1v) is 15.7. The van der Waals surface area contributed by atoms with Crippen molar-refractivity contribution in [2.24, 2.45) is 17.6 Å². The molecular formula is C30H46N10O9. The minimum absolute atomic E-state index is 0.0987. The van der Waals surface area contributed by atoms with Crippen LogP contribution in [0.15, 0.2) is 12.7 Å². The maximum Gasteiger partial charge on any atom is 0.326 e. The van der Waals surface area contributed by atoms with Crippen molar-refractivity contribution in [2.45, 2.75) is 78.0 Å². The average Bonchev–Trinajstić information content (AvgIpc) is 3.70. The zero-order valence-corrected chi connectivity index (χ0v) is 28.1. The largest absolute Gasteiger partial charge is 0.481 e. The monoisotopic (exact) mass is 690 g/mol. The van der Waals surface area contributed by atoms with Crippen molar-refractivity contribution in [3.63, 3.8) is 0 Å². The van der Waals surface area contributed by atoms with Gasteiger partial charge in [0, 0.05) is 25.2 Å². The Morgan fingerprint density at radius 2 is 1.22 bits per heavy atom. The van der Waals surface area contributed by atoms with Crippen LogP contribution in [0.25, 0.3) is 0 Å². The number of ketones is 1. The summed E-state index contributed by atoms with van der Waals surface area (Å²) in [5.41, 5.74) is 4.81. The molecule has 0 unspecified atom stereocenters. The number of nitrogens with one attached hydrogen (secondary N) is 7. The Labute approximate surface area is 282 Å². The van der Waals surface area contributed by atoms with Crippen LogP contribution >= 0.6 is 0 Å². The van der Waals surface area contributed by atoms with Gasteiger partial charge < -0.3 is 52.5 Å². The molecule has 0 aliphatic rings. The highest BCUT2D eigenvalue weighted by Crippen LogP contribution is 2.10. The standard InChI is InChI=1S/C30H46N10O9/c1-14(2)6-17(9-31)38-27(45)23-22(33-12-34-23)26(44)37-16(5)20(41)11-32-10-18(7-15(3)4)39-28(46)24-25(36-13-35-24)29(47)40-19(30(48)49)8-21(42)43/h12-19,32H,6-11,31H2,1-5H3,(H,33,34)(H,35,36)(H,37,44)(H,38,45)(H,39,46)(H,40,47)(H,42,43)(H,48,49)/t16-,17-,18-,19-/m0/s1. The van der Waals surface area contributed by atoms with E-state index in [1.807, 2.05) is 27.7 Å². The first-order chi connectivity index (χ1) is 23.0. The second-order valence-electron chi connectivity index (χ2n) is 12.3. The molecule has 0 bridgehead atoms. The quantitative estimate of drug-likeness (QED) is 0.0754. The van der Waals surface area contributed by atoms with Gasteiger partial charge in [-0.1, -0.05) is 27.7 Å². The first-order valence-electron chi connectivity index (χ1n) is 15.7. The summed E-state index contributed by atoms with van der Waals surface area (Å²) in [7, 11) is 0. The highest BCUT2D eigenvalue weighted by molar-refractivity contribution is 6.07. The molecule has 0 aliphatic heterocycles. The van der Waals surface area contributed by atoms with Crippen molar-refractivity contribution in [1.82, 2.24) is 46.5 Å². The van der Waals surface area contributed by atoms with Gasteiger partial charge in [0.1, 0.15) is 17.4 Å². The molecule has 2 rings (SSSR count). The number of imidazole rings is 2. The zero-order valence-electron chi connectivity index (χ0n) is 28.1. The maximum atomic E-state index is 13.1. The number of nitrogens with zero attached hydrogens (tertiary/aromatic N) is 2. The van der Waals surface area contributed by atoms with Crippen LogP contribution < -0.4 is 32.3 Å². The number of carboxylic acid groups (broad SMARTS) is 2. The predicted octanol–water partition coefficient (Wildman–Crippen LogP) is -0.985. The Kier molecular flexibility index (Phi) is 15.5. The first kappa shape index (κ1) is 40.0. The van der Waals surface area contributed by atoms with E-state index in [0.29, 0.717) is 12.8 Å². The Balaban J connectivity index is 1.98. The lowest BCUT2D eigenvalue weighted by atomic mass is 10.0. The number of carboxylic acids is 2. The van der Waals surface area contributed by atoms with Crippen LogP contribution in [0.1, 0.15) is 95.8 Å². The molecule has 0 spiro atoms. The summed E-state index contributed by atoms with van der Waals surface area (Å²) in [4.78, 5) is 99.6. The fourth-order valence-corrected chi connectivity index (χ4v) is 4.81. The van der Waals surface area contributed by atoms with Gasteiger partial charge in [-0.3, -0.25) is 28.8 Å². The molecule has 0 aromatic carbocycles. The number of nitrogens with two attached hydrogens (primary N) is 1. The van der Waals surface area contributed by atoms with Crippen molar-refractivity contribution in [3.8, 4) is 0 Å². The van der Waals surface area contributed by atoms with Crippen LogP contribution in [0.5, 0.6) is 0 Å². The molecule has 4 atom stereocenters. The minimum Gasteiger partial charge on any atom is -0.481 e. The molecule has 11 N–H and O–H groups in total. The molecule has 2 aromatic heterocycles. The summed E-state index contributed by atoms with van der Waals surface area (Å²) in [6.45, 7) is 9.42. The molecule has 270 valence electrons. The topological polar surface area (TPSA) is 303 Å². The van der Waals surface area contributed by atoms with E-state index < -0.39 is 65.9 Å². The number of amides is 4. The van der Waals surface area contributed by atoms with Gasteiger partial charge in [-0.2, -0.15) is 0 Å². The number of carbonyl (C=O) groups is 7. The molecule has 49 heavy (non-hydrogen) atoms. The highest BCUT2D eigenvalue weighted by Gasteiger charge is 2.29. The van der Waals surface area contributed by atoms with Gasteiger partial charge >= 0.3 is 11.9 Å². The van der Waals surface area contributed by atoms with E-state index >= 15 is 0 Å². The van der Waals surface area contributed by atoms with Crippen molar-refractivity contribution in [2.75, 3.05) is 19.6 Å². The Morgan fingerprint density at radius 1 is 0.735 bits per heavy atom. The summed E-state index contributed by atoms with van der Waals surface area (Å²) in [6.07, 6.45) is 2.47. The minimum atomic E-state index is -1.74. The number of hydrogen-bond donors (Lipinski definition) is 10. The number of carbonyl (C=O) groups excluding carboxylic acids is 5. The third-order valence-corrected chi connectivity index (χ3v) is 7.13. The van der Waals surface area contributed by atoms with Crippen LogP contribution in [0.3, 0.4) is 0 Å². The number of H-pyrrole nitrogens is 2. The summed E-state index contributed by atoms with van der Waals surface area (Å²) in [5, 5.41) is 31.2. The van der Waals surface area contributed by atoms with Crippen LogP contribution in [0.2, 0.25) is 0 Å². The molecule has 0 saturated heterocycles. The van der Waals surface area contributed by atoms with Crippen molar-refractivity contribution < 1.29 is 43.8 Å². The smallest absolute Gasteiger partial charge is 0.326 e. The molecule has 0 saturated carbocycles. The van der Waals surface area contributed by atoms with Crippen LogP contribution in [0, 0.1) is 11.8 Å².